The number of nitrogens with one attached hydrogen (secondary N) is 1. The molecule has 0 aliphatic heterocycles. The molecule has 0 spiro atoms. The normalized spacial score (nSPS) is 14.9. The fraction of sp³-hybridized carbons (Fsp3) is 0.333. The maximum absolute atomic E-state index is 5.09. The average Bonchev–Trinajstić information content (AvgIpc) is 3.04. The molecular weight excluding hydrogens is 329 g/mol. The second-order valence-corrected chi connectivity index (χ2v) is 5.21. The Kier molecular flexibility index (Phi) is 2.78. The molecule has 0 radical (unpaired) electrons. The highest BCUT2D eigenvalue weighted by Gasteiger charge is 2.29. The van der Waals surface area contributed by atoms with E-state index in [1.54, 1.807) is 12.5 Å². The molecule has 1 fully saturated rings. The Morgan fingerprint density at radius 1 is 1.41 bits per heavy atom. The number of hydrogen-bond donors (Lipinski definition) is 1. The second kappa shape index (κ2) is 4.29. The molecule has 4 nitrogen and oxygen atoms in total. The van der Waals surface area contributed by atoms with E-state index < -0.39 is 0 Å². The van der Waals surface area contributed by atoms with Gasteiger partial charge in [0.15, 0.2) is 5.82 Å². The molecular formula is C12H12IN3O. The van der Waals surface area contributed by atoms with Crippen LogP contribution in [0, 0.1) is 3.57 Å². The first-order valence-corrected chi connectivity index (χ1v) is 6.65. The number of nitrogens with zero attached hydrogens (tertiary/aromatic N) is 2. The molecule has 0 saturated heterocycles. The van der Waals surface area contributed by atoms with Crippen molar-refractivity contribution in [3.8, 4) is 11.4 Å². The molecule has 1 saturated carbocycles. The first-order chi connectivity index (χ1) is 8.29. The van der Waals surface area contributed by atoms with Crippen LogP contribution in [0.25, 0.3) is 11.4 Å². The van der Waals surface area contributed by atoms with Crippen molar-refractivity contribution >= 4 is 28.4 Å². The van der Waals surface area contributed by atoms with E-state index >= 15 is 0 Å². The minimum Gasteiger partial charge on any atom is -0.472 e. The quantitative estimate of drug-likeness (QED) is 0.871. The van der Waals surface area contributed by atoms with Gasteiger partial charge in [-0.1, -0.05) is 0 Å². The van der Waals surface area contributed by atoms with Crippen LogP contribution in [0.4, 0.5) is 5.82 Å². The lowest BCUT2D eigenvalue weighted by atomic mass is 10.2. The van der Waals surface area contributed by atoms with E-state index in [9.17, 15) is 0 Å². The Morgan fingerprint density at radius 2 is 2.24 bits per heavy atom. The second-order valence-electron chi connectivity index (χ2n) is 4.13. The Hall–Kier alpha value is -1.11. The zero-order chi connectivity index (χ0) is 11.8. The van der Waals surface area contributed by atoms with Gasteiger partial charge in [-0.05, 0) is 41.5 Å². The fourth-order valence-electron chi connectivity index (χ4n) is 1.78. The van der Waals surface area contributed by atoms with Gasteiger partial charge in [-0.15, -0.1) is 0 Å². The summed E-state index contributed by atoms with van der Waals surface area (Å²) in [5.74, 6) is 2.26. The van der Waals surface area contributed by atoms with Crippen molar-refractivity contribution in [3.63, 3.8) is 0 Å². The van der Waals surface area contributed by atoms with Crippen molar-refractivity contribution in [2.45, 2.75) is 18.8 Å². The fourth-order valence-corrected chi connectivity index (χ4v) is 2.73. The van der Waals surface area contributed by atoms with E-state index in [1.165, 1.54) is 18.5 Å². The maximum atomic E-state index is 5.09. The van der Waals surface area contributed by atoms with E-state index in [1.807, 2.05) is 13.1 Å². The lowest BCUT2D eigenvalue weighted by Gasteiger charge is -2.09. The molecule has 2 aromatic rings. The van der Waals surface area contributed by atoms with Crippen LogP contribution in [0.5, 0.6) is 0 Å². The highest BCUT2D eigenvalue weighted by atomic mass is 127. The van der Waals surface area contributed by atoms with Crippen molar-refractivity contribution in [3.05, 3.63) is 27.9 Å². The minimum atomic E-state index is 0.614. The molecule has 3 rings (SSSR count). The van der Waals surface area contributed by atoms with Crippen LogP contribution in [0.15, 0.2) is 23.0 Å². The van der Waals surface area contributed by atoms with Crippen molar-refractivity contribution in [2.75, 3.05) is 12.4 Å². The summed E-state index contributed by atoms with van der Waals surface area (Å²) < 4.78 is 6.23. The van der Waals surface area contributed by atoms with Gasteiger partial charge in [0.25, 0.3) is 0 Å². The van der Waals surface area contributed by atoms with E-state index in [0.717, 1.165) is 20.8 Å². The van der Waals surface area contributed by atoms with Crippen LogP contribution in [0.3, 0.4) is 0 Å². The Morgan fingerprint density at radius 3 is 2.82 bits per heavy atom. The molecule has 0 bridgehead atoms. The van der Waals surface area contributed by atoms with Gasteiger partial charge < -0.3 is 9.73 Å². The molecule has 1 aliphatic carbocycles. The molecule has 0 atom stereocenters. The van der Waals surface area contributed by atoms with Gasteiger partial charge in [-0.3, -0.25) is 0 Å². The van der Waals surface area contributed by atoms with E-state index in [4.69, 9.17) is 4.42 Å². The molecule has 0 amide bonds. The maximum Gasteiger partial charge on any atom is 0.165 e. The van der Waals surface area contributed by atoms with Gasteiger partial charge in [-0.25, -0.2) is 9.97 Å². The summed E-state index contributed by atoms with van der Waals surface area (Å²) in [6, 6.07) is 1.89. The third kappa shape index (κ3) is 2.03. The zero-order valence-electron chi connectivity index (χ0n) is 9.40. The minimum absolute atomic E-state index is 0.614. The van der Waals surface area contributed by atoms with Crippen LogP contribution in [0.2, 0.25) is 0 Å². The first kappa shape index (κ1) is 11.0. The first-order valence-electron chi connectivity index (χ1n) is 5.57. The lowest BCUT2D eigenvalue weighted by Crippen LogP contribution is -2.04. The van der Waals surface area contributed by atoms with Gasteiger partial charge in [-0.2, -0.15) is 0 Å². The topological polar surface area (TPSA) is 51.0 Å². The van der Waals surface area contributed by atoms with Crippen LogP contribution in [-0.2, 0) is 0 Å². The summed E-state index contributed by atoms with van der Waals surface area (Å²) in [4.78, 5) is 9.18. The molecule has 1 N–H and O–H groups in total. The number of rotatable bonds is 3. The average molecular weight is 341 g/mol. The molecule has 17 heavy (non-hydrogen) atoms. The van der Waals surface area contributed by atoms with Crippen LogP contribution < -0.4 is 5.32 Å². The lowest BCUT2D eigenvalue weighted by molar-refractivity contribution is 0.568. The molecule has 2 aromatic heterocycles. The molecule has 0 unspecified atom stereocenters. The Labute approximate surface area is 113 Å². The molecule has 2 heterocycles. The monoisotopic (exact) mass is 341 g/mol. The molecule has 0 aromatic carbocycles. The van der Waals surface area contributed by atoms with E-state index in [-0.39, 0.29) is 0 Å². The van der Waals surface area contributed by atoms with Crippen molar-refractivity contribution < 1.29 is 4.42 Å². The van der Waals surface area contributed by atoms with Gasteiger partial charge in [0.2, 0.25) is 0 Å². The number of anilines is 1. The SMILES string of the molecule is CNc1nc(-c2ccoc2)nc(C2CC2)c1I. The summed E-state index contributed by atoms with van der Waals surface area (Å²) in [6.07, 6.45) is 5.80. The Balaban J connectivity index is 2.13. The van der Waals surface area contributed by atoms with Crippen molar-refractivity contribution in [1.82, 2.24) is 9.97 Å². The number of hydrogen-bond acceptors (Lipinski definition) is 4. The third-order valence-electron chi connectivity index (χ3n) is 2.86. The summed E-state index contributed by atoms with van der Waals surface area (Å²) in [7, 11) is 1.89. The van der Waals surface area contributed by atoms with E-state index in [2.05, 4.69) is 37.9 Å². The summed E-state index contributed by atoms with van der Waals surface area (Å²) in [5, 5.41) is 3.13. The van der Waals surface area contributed by atoms with Gasteiger partial charge >= 0.3 is 0 Å². The smallest absolute Gasteiger partial charge is 0.165 e. The zero-order valence-corrected chi connectivity index (χ0v) is 11.6. The highest BCUT2D eigenvalue weighted by Crippen LogP contribution is 2.42. The molecule has 88 valence electrons. The van der Waals surface area contributed by atoms with Crippen molar-refractivity contribution in [2.24, 2.45) is 0 Å². The van der Waals surface area contributed by atoms with Gasteiger partial charge in [0, 0.05) is 13.0 Å². The third-order valence-corrected chi connectivity index (χ3v) is 3.92. The van der Waals surface area contributed by atoms with Crippen LogP contribution in [0.1, 0.15) is 24.5 Å². The van der Waals surface area contributed by atoms with Crippen molar-refractivity contribution in [1.29, 1.82) is 0 Å². The summed E-state index contributed by atoms with van der Waals surface area (Å²) in [6.45, 7) is 0. The van der Waals surface area contributed by atoms with Gasteiger partial charge in [0.1, 0.15) is 12.1 Å². The molecule has 5 heteroatoms. The largest absolute Gasteiger partial charge is 0.472 e. The predicted octanol–water partition coefficient (Wildman–Crippen LogP) is 3.26. The standard InChI is InChI=1S/C12H12IN3O/c1-14-12-9(13)10(7-2-3-7)15-11(16-12)8-4-5-17-6-8/h4-7H,2-3H2,1H3,(H,14,15,16). The highest BCUT2D eigenvalue weighted by molar-refractivity contribution is 14.1. The summed E-state index contributed by atoms with van der Waals surface area (Å²) >= 11 is 2.32. The number of furan rings is 1. The van der Waals surface area contributed by atoms with Gasteiger partial charge in [0.05, 0.1) is 21.1 Å². The summed E-state index contributed by atoms with van der Waals surface area (Å²) in [5.41, 5.74) is 2.10. The predicted molar refractivity (Wildman–Crippen MR) is 74.0 cm³/mol. The van der Waals surface area contributed by atoms with Crippen LogP contribution >= 0.6 is 22.6 Å². The van der Waals surface area contributed by atoms with E-state index in [0.29, 0.717) is 5.92 Å². The Bertz CT molecular complexity index is 535. The van der Waals surface area contributed by atoms with Crippen LogP contribution in [-0.4, -0.2) is 17.0 Å². The number of aromatic nitrogens is 2. The number of halogens is 1. The molecule has 1 aliphatic rings.